The monoisotopic (exact) mass is 445 g/mol. The Hall–Kier alpha value is -3.36. The highest BCUT2D eigenvalue weighted by molar-refractivity contribution is 7.15. The molecule has 3 heterocycles. The summed E-state index contributed by atoms with van der Waals surface area (Å²) in [6.45, 7) is 2.38. The Bertz CT molecular complexity index is 1220. The summed E-state index contributed by atoms with van der Waals surface area (Å²) in [4.78, 5) is 18.5. The molecule has 0 bridgehead atoms. The molecule has 1 saturated carbocycles. The first kappa shape index (κ1) is 20.5. The zero-order chi connectivity index (χ0) is 22.0. The Balaban J connectivity index is 1.32. The molecule has 0 amide bonds. The SMILES string of the molecule is Cc1cc(Nc2nccc(OCc3ccccn3)n2)cc(-c2cnc(C3(O)CCC3)s2)c1. The molecule has 3 aromatic heterocycles. The highest BCUT2D eigenvalue weighted by Crippen LogP contribution is 2.44. The number of ether oxygens (including phenoxy) is 1. The minimum atomic E-state index is -0.739. The van der Waals surface area contributed by atoms with E-state index in [-0.39, 0.29) is 0 Å². The molecular formula is C24H23N5O2S. The zero-order valence-electron chi connectivity index (χ0n) is 17.7. The van der Waals surface area contributed by atoms with E-state index in [1.165, 1.54) is 0 Å². The summed E-state index contributed by atoms with van der Waals surface area (Å²) in [5, 5.41) is 14.7. The summed E-state index contributed by atoms with van der Waals surface area (Å²) in [7, 11) is 0. The first-order chi connectivity index (χ1) is 15.6. The van der Waals surface area contributed by atoms with Crippen molar-refractivity contribution in [1.82, 2.24) is 19.9 Å². The third kappa shape index (κ3) is 4.46. The Morgan fingerprint density at radius 2 is 2.00 bits per heavy atom. The van der Waals surface area contributed by atoms with Gasteiger partial charge in [0.2, 0.25) is 11.8 Å². The van der Waals surface area contributed by atoms with Crippen LogP contribution in [0.15, 0.2) is 61.1 Å². The molecule has 0 spiro atoms. The normalized spacial score (nSPS) is 14.6. The standard InChI is InChI=1S/C24H23N5O2S/c1-16-11-17(20-14-27-22(32-20)24(30)7-4-8-24)13-19(12-16)28-23-26-10-6-21(29-23)31-15-18-5-2-3-9-25-18/h2-3,5-6,9-14,30H,4,7-8,15H2,1H3,(H,26,28,29). The first-order valence-electron chi connectivity index (χ1n) is 10.5. The summed E-state index contributed by atoms with van der Waals surface area (Å²) in [6.07, 6.45) is 7.87. The van der Waals surface area contributed by atoms with E-state index in [4.69, 9.17) is 4.74 Å². The lowest BCUT2D eigenvalue weighted by molar-refractivity contribution is -0.0389. The van der Waals surface area contributed by atoms with Gasteiger partial charge in [0, 0.05) is 30.3 Å². The maximum atomic E-state index is 10.6. The quantitative estimate of drug-likeness (QED) is 0.414. The molecule has 7 nitrogen and oxygen atoms in total. The number of pyridine rings is 1. The number of hydrogen-bond acceptors (Lipinski definition) is 8. The van der Waals surface area contributed by atoms with Gasteiger partial charge in [-0.15, -0.1) is 11.3 Å². The van der Waals surface area contributed by atoms with Crippen LogP contribution in [0.25, 0.3) is 10.4 Å². The molecule has 0 atom stereocenters. The molecule has 4 aromatic rings. The number of benzene rings is 1. The zero-order valence-corrected chi connectivity index (χ0v) is 18.5. The predicted octanol–water partition coefficient (Wildman–Crippen LogP) is 5.00. The number of nitrogens with zero attached hydrogens (tertiary/aromatic N) is 4. The number of thiazole rings is 1. The van der Waals surface area contributed by atoms with Crippen molar-refractivity contribution in [2.24, 2.45) is 0 Å². The third-order valence-electron chi connectivity index (χ3n) is 5.43. The highest BCUT2D eigenvalue weighted by atomic mass is 32.1. The predicted molar refractivity (Wildman–Crippen MR) is 124 cm³/mol. The van der Waals surface area contributed by atoms with Gasteiger partial charge in [0.15, 0.2) is 0 Å². The van der Waals surface area contributed by atoms with Gasteiger partial charge in [-0.3, -0.25) is 4.98 Å². The summed E-state index contributed by atoms with van der Waals surface area (Å²) in [6, 6.07) is 13.6. The number of aliphatic hydroxyl groups is 1. The molecule has 5 rings (SSSR count). The van der Waals surface area contributed by atoms with Gasteiger partial charge in [0.1, 0.15) is 17.2 Å². The lowest BCUT2D eigenvalue weighted by Gasteiger charge is -2.34. The summed E-state index contributed by atoms with van der Waals surface area (Å²) < 4.78 is 5.75. The lowest BCUT2D eigenvalue weighted by atomic mass is 9.81. The number of hydrogen-bond donors (Lipinski definition) is 2. The van der Waals surface area contributed by atoms with Crippen molar-refractivity contribution >= 4 is 23.0 Å². The summed E-state index contributed by atoms with van der Waals surface area (Å²) >= 11 is 1.55. The van der Waals surface area contributed by atoms with Gasteiger partial charge in [0.25, 0.3) is 0 Å². The van der Waals surface area contributed by atoms with Crippen LogP contribution in [0.1, 0.15) is 35.5 Å². The molecule has 32 heavy (non-hydrogen) atoms. The number of nitrogens with one attached hydrogen (secondary N) is 1. The van der Waals surface area contributed by atoms with Crippen LogP contribution in [0.5, 0.6) is 5.88 Å². The van der Waals surface area contributed by atoms with Gasteiger partial charge < -0.3 is 15.2 Å². The highest BCUT2D eigenvalue weighted by Gasteiger charge is 2.39. The van der Waals surface area contributed by atoms with Crippen LogP contribution >= 0.6 is 11.3 Å². The molecule has 0 radical (unpaired) electrons. The van der Waals surface area contributed by atoms with Crippen LogP contribution in [-0.4, -0.2) is 25.0 Å². The van der Waals surface area contributed by atoms with E-state index in [9.17, 15) is 5.11 Å². The van der Waals surface area contributed by atoms with E-state index in [0.717, 1.165) is 51.7 Å². The fourth-order valence-electron chi connectivity index (χ4n) is 3.59. The molecule has 2 N–H and O–H groups in total. The van der Waals surface area contributed by atoms with Crippen molar-refractivity contribution in [1.29, 1.82) is 0 Å². The fourth-order valence-corrected chi connectivity index (χ4v) is 4.64. The van der Waals surface area contributed by atoms with Crippen molar-refractivity contribution in [3.8, 4) is 16.3 Å². The number of aromatic nitrogens is 4. The lowest BCUT2D eigenvalue weighted by Crippen LogP contribution is -2.33. The number of rotatable bonds is 7. The van der Waals surface area contributed by atoms with Crippen molar-refractivity contribution in [3.05, 3.63) is 77.3 Å². The molecule has 1 aliphatic carbocycles. The van der Waals surface area contributed by atoms with Gasteiger partial charge in [-0.05, 0) is 61.6 Å². The Morgan fingerprint density at radius 1 is 1.09 bits per heavy atom. The van der Waals surface area contributed by atoms with Gasteiger partial charge in [-0.2, -0.15) is 4.98 Å². The smallest absolute Gasteiger partial charge is 0.230 e. The van der Waals surface area contributed by atoms with Crippen LogP contribution in [0.4, 0.5) is 11.6 Å². The number of anilines is 2. The van der Waals surface area contributed by atoms with E-state index >= 15 is 0 Å². The average molecular weight is 446 g/mol. The summed E-state index contributed by atoms with van der Waals surface area (Å²) in [5.41, 5.74) is 3.11. The van der Waals surface area contributed by atoms with E-state index in [0.29, 0.717) is 18.4 Å². The molecule has 1 aromatic carbocycles. The van der Waals surface area contributed by atoms with E-state index in [1.54, 1.807) is 29.8 Å². The minimum Gasteiger partial charge on any atom is -0.471 e. The average Bonchev–Trinajstić information content (AvgIpc) is 3.27. The van der Waals surface area contributed by atoms with Crippen LogP contribution in [0.2, 0.25) is 0 Å². The third-order valence-corrected chi connectivity index (χ3v) is 6.67. The van der Waals surface area contributed by atoms with Crippen molar-refractivity contribution in [3.63, 3.8) is 0 Å². The molecule has 162 valence electrons. The molecule has 0 unspecified atom stereocenters. The topological polar surface area (TPSA) is 93.1 Å². The molecule has 1 fully saturated rings. The molecular weight excluding hydrogens is 422 g/mol. The Labute approximate surface area is 190 Å². The van der Waals surface area contributed by atoms with E-state index in [2.05, 4.69) is 31.3 Å². The number of aryl methyl sites for hydroxylation is 1. The van der Waals surface area contributed by atoms with Crippen molar-refractivity contribution in [2.45, 2.75) is 38.4 Å². The van der Waals surface area contributed by atoms with Crippen molar-refractivity contribution in [2.75, 3.05) is 5.32 Å². The Morgan fingerprint density at radius 3 is 2.78 bits per heavy atom. The largest absolute Gasteiger partial charge is 0.471 e. The maximum Gasteiger partial charge on any atom is 0.230 e. The molecule has 0 aliphatic heterocycles. The molecule has 1 aliphatic rings. The maximum absolute atomic E-state index is 10.6. The molecule has 0 saturated heterocycles. The van der Waals surface area contributed by atoms with Crippen molar-refractivity contribution < 1.29 is 9.84 Å². The van der Waals surface area contributed by atoms with Crippen LogP contribution < -0.4 is 10.1 Å². The second-order valence-corrected chi connectivity index (χ2v) is 8.99. The van der Waals surface area contributed by atoms with E-state index < -0.39 is 5.60 Å². The van der Waals surface area contributed by atoms with Gasteiger partial charge in [-0.1, -0.05) is 12.1 Å². The first-order valence-corrected chi connectivity index (χ1v) is 11.3. The van der Waals surface area contributed by atoms with Crippen LogP contribution in [0, 0.1) is 6.92 Å². The van der Waals surface area contributed by atoms with Crippen LogP contribution in [-0.2, 0) is 12.2 Å². The van der Waals surface area contributed by atoms with Gasteiger partial charge in [-0.25, -0.2) is 9.97 Å². The molecule has 8 heteroatoms. The van der Waals surface area contributed by atoms with Gasteiger partial charge >= 0.3 is 0 Å². The Kier molecular flexibility index (Phi) is 5.55. The fraction of sp³-hybridized carbons (Fsp3) is 0.250. The second-order valence-electron chi connectivity index (χ2n) is 7.96. The van der Waals surface area contributed by atoms with E-state index in [1.807, 2.05) is 43.5 Å². The second kappa shape index (κ2) is 8.64. The minimum absolute atomic E-state index is 0.339. The van der Waals surface area contributed by atoms with Crippen LogP contribution in [0.3, 0.4) is 0 Å². The van der Waals surface area contributed by atoms with Gasteiger partial charge in [0.05, 0.1) is 10.6 Å². The summed E-state index contributed by atoms with van der Waals surface area (Å²) in [5.74, 6) is 0.927.